The highest BCUT2D eigenvalue weighted by Crippen LogP contribution is 2.33. The molecular weight excluding hydrogens is 256 g/mol. The molecule has 5 heteroatoms. The summed E-state index contributed by atoms with van der Waals surface area (Å²) in [5.41, 5.74) is 0.874. The molecule has 1 aliphatic rings. The summed E-state index contributed by atoms with van der Waals surface area (Å²) in [6.45, 7) is 0.670. The van der Waals surface area contributed by atoms with Crippen LogP contribution in [-0.2, 0) is 6.54 Å². The molecule has 1 heterocycles. The first-order valence-electron chi connectivity index (χ1n) is 6.70. The van der Waals surface area contributed by atoms with Crippen LogP contribution in [0.5, 0.6) is 11.5 Å². The zero-order chi connectivity index (χ0) is 13.9. The maximum atomic E-state index is 5.77. The maximum absolute atomic E-state index is 5.77. The number of hydrogen-bond donors (Lipinski definition) is 1. The smallest absolute Gasteiger partial charge is 0.208 e. The molecule has 0 unspecified atom stereocenters. The summed E-state index contributed by atoms with van der Waals surface area (Å²) < 4.78 is 16.3. The average Bonchev–Trinajstić information content (AvgIpc) is 3.21. The Morgan fingerprint density at radius 1 is 1.30 bits per heavy atom. The van der Waals surface area contributed by atoms with Gasteiger partial charge in [0.2, 0.25) is 5.89 Å². The lowest BCUT2D eigenvalue weighted by molar-refractivity contribution is 0.394. The van der Waals surface area contributed by atoms with E-state index >= 15 is 0 Å². The standard InChI is InChI=1S/C15H18N2O3/c1-18-11-5-6-12(13(7-11)19-2)14-8-17-15(20-14)9-16-10-3-4-10/h5-8,10,16H,3-4,9H2,1-2H3. The van der Waals surface area contributed by atoms with Gasteiger partial charge in [0.15, 0.2) is 5.76 Å². The minimum atomic E-state index is 0.640. The molecule has 5 nitrogen and oxygen atoms in total. The number of hydrogen-bond acceptors (Lipinski definition) is 5. The van der Waals surface area contributed by atoms with Crippen molar-refractivity contribution in [1.29, 1.82) is 0 Å². The van der Waals surface area contributed by atoms with Crippen molar-refractivity contribution in [2.75, 3.05) is 14.2 Å². The van der Waals surface area contributed by atoms with Crippen LogP contribution in [0.3, 0.4) is 0 Å². The van der Waals surface area contributed by atoms with Gasteiger partial charge >= 0.3 is 0 Å². The molecule has 1 fully saturated rings. The van der Waals surface area contributed by atoms with E-state index in [0.717, 1.165) is 11.3 Å². The Morgan fingerprint density at radius 2 is 2.15 bits per heavy atom. The van der Waals surface area contributed by atoms with Gasteiger partial charge in [-0.1, -0.05) is 0 Å². The Balaban J connectivity index is 1.80. The average molecular weight is 274 g/mol. The van der Waals surface area contributed by atoms with Gasteiger partial charge < -0.3 is 19.2 Å². The Hall–Kier alpha value is -2.01. The fraction of sp³-hybridized carbons (Fsp3) is 0.400. The van der Waals surface area contributed by atoms with Crippen molar-refractivity contribution in [3.8, 4) is 22.8 Å². The first kappa shape index (κ1) is 13.0. The van der Waals surface area contributed by atoms with Gasteiger partial charge in [-0.2, -0.15) is 0 Å². The Morgan fingerprint density at radius 3 is 2.85 bits per heavy atom. The number of methoxy groups -OCH3 is 2. The molecule has 0 aliphatic heterocycles. The summed E-state index contributed by atoms with van der Waals surface area (Å²) >= 11 is 0. The number of aromatic nitrogens is 1. The van der Waals surface area contributed by atoms with E-state index in [1.807, 2.05) is 18.2 Å². The van der Waals surface area contributed by atoms with Crippen molar-refractivity contribution in [1.82, 2.24) is 10.3 Å². The molecular formula is C15H18N2O3. The fourth-order valence-electron chi connectivity index (χ4n) is 2.04. The predicted molar refractivity (Wildman–Crippen MR) is 74.9 cm³/mol. The molecule has 1 aromatic carbocycles. The topological polar surface area (TPSA) is 56.5 Å². The maximum Gasteiger partial charge on any atom is 0.208 e. The van der Waals surface area contributed by atoms with Gasteiger partial charge in [0, 0.05) is 12.1 Å². The van der Waals surface area contributed by atoms with Gasteiger partial charge in [-0.25, -0.2) is 4.98 Å². The number of nitrogens with zero attached hydrogens (tertiary/aromatic N) is 1. The Kier molecular flexibility index (Phi) is 3.60. The van der Waals surface area contributed by atoms with Crippen molar-refractivity contribution in [2.24, 2.45) is 0 Å². The van der Waals surface area contributed by atoms with E-state index in [4.69, 9.17) is 13.9 Å². The van der Waals surface area contributed by atoms with Crippen LogP contribution >= 0.6 is 0 Å². The highest BCUT2D eigenvalue weighted by Gasteiger charge is 2.21. The van der Waals surface area contributed by atoms with Gasteiger partial charge in [-0.3, -0.25) is 0 Å². The molecule has 1 aromatic heterocycles. The molecule has 106 valence electrons. The molecule has 0 bridgehead atoms. The normalized spacial score (nSPS) is 14.3. The summed E-state index contributed by atoms with van der Waals surface area (Å²) in [6, 6.07) is 6.26. The lowest BCUT2D eigenvalue weighted by Gasteiger charge is -2.08. The highest BCUT2D eigenvalue weighted by molar-refractivity contribution is 5.66. The second-order valence-electron chi connectivity index (χ2n) is 4.84. The summed E-state index contributed by atoms with van der Waals surface area (Å²) in [7, 11) is 3.26. The number of benzene rings is 1. The van der Waals surface area contributed by atoms with E-state index in [-0.39, 0.29) is 0 Å². The van der Waals surface area contributed by atoms with Gasteiger partial charge in [0.25, 0.3) is 0 Å². The zero-order valence-corrected chi connectivity index (χ0v) is 11.7. The third-order valence-electron chi connectivity index (χ3n) is 3.35. The van der Waals surface area contributed by atoms with Crippen molar-refractivity contribution < 1.29 is 13.9 Å². The fourth-order valence-corrected chi connectivity index (χ4v) is 2.04. The van der Waals surface area contributed by atoms with E-state index in [0.29, 0.717) is 30.0 Å². The van der Waals surface area contributed by atoms with Gasteiger partial charge in [-0.05, 0) is 25.0 Å². The van der Waals surface area contributed by atoms with Crippen molar-refractivity contribution >= 4 is 0 Å². The van der Waals surface area contributed by atoms with Crippen molar-refractivity contribution in [3.05, 3.63) is 30.3 Å². The third-order valence-corrected chi connectivity index (χ3v) is 3.35. The second kappa shape index (κ2) is 5.54. The van der Waals surface area contributed by atoms with Crippen molar-refractivity contribution in [3.63, 3.8) is 0 Å². The largest absolute Gasteiger partial charge is 0.497 e. The lowest BCUT2D eigenvalue weighted by Crippen LogP contribution is -2.15. The molecule has 0 atom stereocenters. The molecule has 20 heavy (non-hydrogen) atoms. The minimum absolute atomic E-state index is 0.640. The van der Waals surface area contributed by atoms with E-state index in [2.05, 4.69) is 10.3 Å². The van der Waals surface area contributed by atoms with E-state index in [1.165, 1.54) is 12.8 Å². The van der Waals surface area contributed by atoms with Crippen LogP contribution in [0, 0.1) is 0 Å². The van der Waals surface area contributed by atoms with Crippen LogP contribution in [0.2, 0.25) is 0 Å². The Bertz CT molecular complexity index is 591. The van der Waals surface area contributed by atoms with Crippen LogP contribution < -0.4 is 14.8 Å². The number of rotatable bonds is 6. The summed E-state index contributed by atoms with van der Waals surface area (Å²) in [4.78, 5) is 4.29. The van der Waals surface area contributed by atoms with Gasteiger partial charge in [-0.15, -0.1) is 0 Å². The first-order valence-corrected chi connectivity index (χ1v) is 6.70. The molecule has 3 rings (SSSR count). The van der Waals surface area contributed by atoms with Crippen LogP contribution in [0.4, 0.5) is 0 Å². The van der Waals surface area contributed by atoms with Crippen LogP contribution in [-0.4, -0.2) is 25.2 Å². The van der Waals surface area contributed by atoms with E-state index in [1.54, 1.807) is 20.4 Å². The SMILES string of the molecule is COc1ccc(-c2cnc(CNC3CC3)o2)c(OC)c1. The zero-order valence-electron chi connectivity index (χ0n) is 11.7. The summed E-state index contributed by atoms with van der Waals surface area (Å²) in [6.07, 6.45) is 4.23. The van der Waals surface area contributed by atoms with Crippen LogP contribution in [0.15, 0.2) is 28.8 Å². The van der Waals surface area contributed by atoms with Crippen LogP contribution in [0.25, 0.3) is 11.3 Å². The summed E-state index contributed by atoms with van der Waals surface area (Å²) in [5, 5.41) is 3.38. The quantitative estimate of drug-likeness (QED) is 0.877. The molecule has 0 radical (unpaired) electrons. The van der Waals surface area contributed by atoms with Gasteiger partial charge in [0.1, 0.15) is 11.5 Å². The summed E-state index contributed by atoms with van der Waals surface area (Å²) in [5.74, 6) is 2.87. The molecule has 0 saturated heterocycles. The van der Waals surface area contributed by atoms with E-state index < -0.39 is 0 Å². The molecule has 0 amide bonds. The lowest BCUT2D eigenvalue weighted by atomic mass is 10.1. The minimum Gasteiger partial charge on any atom is -0.497 e. The molecule has 1 aliphatic carbocycles. The Labute approximate surface area is 117 Å². The second-order valence-corrected chi connectivity index (χ2v) is 4.84. The highest BCUT2D eigenvalue weighted by atomic mass is 16.5. The number of nitrogens with one attached hydrogen (secondary N) is 1. The first-order chi connectivity index (χ1) is 9.80. The van der Waals surface area contributed by atoms with Crippen molar-refractivity contribution in [2.45, 2.75) is 25.4 Å². The number of oxazole rings is 1. The third kappa shape index (κ3) is 2.77. The molecule has 1 N–H and O–H groups in total. The molecule has 0 spiro atoms. The number of ether oxygens (including phenoxy) is 2. The predicted octanol–water partition coefficient (Wildman–Crippen LogP) is 2.61. The monoisotopic (exact) mass is 274 g/mol. The van der Waals surface area contributed by atoms with Crippen LogP contribution in [0.1, 0.15) is 18.7 Å². The van der Waals surface area contributed by atoms with Gasteiger partial charge in [0.05, 0.1) is 32.5 Å². The molecule has 2 aromatic rings. The van der Waals surface area contributed by atoms with E-state index in [9.17, 15) is 0 Å². The molecule has 1 saturated carbocycles.